The Morgan fingerprint density at radius 2 is 2.29 bits per heavy atom. The first-order chi connectivity index (χ1) is 10.2. The van der Waals surface area contributed by atoms with Gasteiger partial charge in [-0.2, -0.15) is 5.26 Å². The van der Waals surface area contributed by atoms with Crippen molar-refractivity contribution in [3.63, 3.8) is 0 Å². The van der Waals surface area contributed by atoms with Crippen LogP contribution in [0.3, 0.4) is 0 Å². The zero-order chi connectivity index (χ0) is 15.0. The average molecular weight is 302 g/mol. The van der Waals surface area contributed by atoms with E-state index in [1.165, 1.54) is 11.8 Å². The summed E-state index contributed by atoms with van der Waals surface area (Å²) in [5, 5.41) is 11.2. The minimum Gasteiger partial charge on any atom is -0.379 e. The number of ether oxygens (including phenoxy) is 1. The Balaban J connectivity index is 2.24. The van der Waals surface area contributed by atoms with Crippen molar-refractivity contribution in [2.45, 2.75) is 31.5 Å². The van der Waals surface area contributed by atoms with Crippen molar-refractivity contribution in [1.29, 1.82) is 5.26 Å². The lowest BCUT2D eigenvalue weighted by molar-refractivity contribution is 0.180. The largest absolute Gasteiger partial charge is 0.379 e. The lowest BCUT2D eigenvalue weighted by atomic mass is 10.0. The lowest BCUT2D eigenvalue weighted by Crippen LogP contribution is -2.19. The summed E-state index contributed by atoms with van der Waals surface area (Å²) in [5.41, 5.74) is 2.43. The van der Waals surface area contributed by atoms with Crippen LogP contribution < -0.4 is 0 Å². The zero-order valence-electron chi connectivity index (χ0n) is 12.5. The van der Waals surface area contributed by atoms with Gasteiger partial charge in [-0.15, -0.1) is 0 Å². The molecule has 0 N–H and O–H groups in total. The van der Waals surface area contributed by atoms with Crippen molar-refractivity contribution in [3.05, 3.63) is 17.5 Å². The van der Waals surface area contributed by atoms with Gasteiger partial charge in [0.25, 0.3) is 0 Å². The zero-order valence-corrected chi connectivity index (χ0v) is 13.3. The molecular weight excluding hydrogens is 284 g/mol. The van der Waals surface area contributed by atoms with Crippen LogP contribution in [-0.4, -0.2) is 34.0 Å². The van der Waals surface area contributed by atoms with Crippen LogP contribution in [0, 0.1) is 24.2 Å². The molecule has 1 saturated heterocycles. The van der Waals surface area contributed by atoms with Crippen LogP contribution >= 0.6 is 11.8 Å². The van der Waals surface area contributed by atoms with Crippen LogP contribution in [0.5, 0.6) is 0 Å². The molecule has 0 saturated carbocycles. The Hall–Kier alpha value is -1.58. The average Bonchev–Trinajstić information content (AvgIpc) is 3.09. The van der Waals surface area contributed by atoms with E-state index in [0.717, 1.165) is 34.9 Å². The predicted octanol–water partition coefficient (Wildman–Crippen LogP) is 2.93. The molecular formula is C15H18N4OS. The third-order valence-electron chi connectivity index (χ3n) is 4.18. The Labute approximate surface area is 128 Å². The van der Waals surface area contributed by atoms with Crippen LogP contribution in [0.25, 0.3) is 11.0 Å². The van der Waals surface area contributed by atoms with Crippen molar-refractivity contribution in [2.75, 3.05) is 19.5 Å². The molecule has 5 nitrogen and oxygen atoms in total. The topological polar surface area (TPSA) is 63.7 Å². The molecule has 6 heteroatoms. The fourth-order valence-electron chi connectivity index (χ4n) is 2.99. The molecule has 1 aliphatic heterocycles. The van der Waals surface area contributed by atoms with Gasteiger partial charge in [0.05, 0.1) is 24.9 Å². The molecule has 1 aliphatic rings. The summed E-state index contributed by atoms with van der Waals surface area (Å²) >= 11 is 1.52. The summed E-state index contributed by atoms with van der Waals surface area (Å²) in [5.74, 6) is 0.431. The van der Waals surface area contributed by atoms with Crippen LogP contribution in [0.1, 0.15) is 30.8 Å². The second kappa shape index (κ2) is 5.66. The lowest BCUT2D eigenvalue weighted by Gasteiger charge is -2.19. The summed E-state index contributed by atoms with van der Waals surface area (Å²) in [4.78, 5) is 9.12. The van der Waals surface area contributed by atoms with Gasteiger partial charge in [-0.05, 0) is 25.7 Å². The molecule has 21 heavy (non-hydrogen) atoms. The van der Waals surface area contributed by atoms with Gasteiger partial charge in [-0.1, -0.05) is 18.7 Å². The first-order valence-electron chi connectivity index (χ1n) is 7.11. The van der Waals surface area contributed by atoms with Crippen LogP contribution in [0.15, 0.2) is 11.2 Å². The molecule has 1 fully saturated rings. The van der Waals surface area contributed by atoms with Gasteiger partial charge >= 0.3 is 0 Å². The number of fused-ring (bicyclic) bond motifs is 1. The molecule has 2 atom stereocenters. The van der Waals surface area contributed by atoms with E-state index < -0.39 is 0 Å². The van der Waals surface area contributed by atoms with E-state index in [4.69, 9.17) is 4.74 Å². The summed E-state index contributed by atoms with van der Waals surface area (Å²) in [6.45, 7) is 5.54. The highest BCUT2D eigenvalue weighted by molar-refractivity contribution is 7.98. The summed E-state index contributed by atoms with van der Waals surface area (Å²) in [6.07, 6.45) is 3.00. The third kappa shape index (κ3) is 2.30. The van der Waals surface area contributed by atoms with Gasteiger partial charge in [0.1, 0.15) is 17.4 Å². The SMILES string of the molecule is CCC1COCC1n1c(C#N)cc2c(C)nc(SC)nc21. The highest BCUT2D eigenvalue weighted by atomic mass is 32.2. The van der Waals surface area contributed by atoms with Crippen molar-refractivity contribution in [3.8, 4) is 6.07 Å². The molecule has 2 aromatic heterocycles. The Morgan fingerprint density at radius 3 is 2.95 bits per heavy atom. The van der Waals surface area contributed by atoms with Gasteiger partial charge in [0.15, 0.2) is 5.16 Å². The molecule has 2 aromatic rings. The highest BCUT2D eigenvalue weighted by Gasteiger charge is 2.31. The van der Waals surface area contributed by atoms with Crippen LogP contribution in [-0.2, 0) is 4.74 Å². The molecule has 0 aromatic carbocycles. The number of nitrogens with zero attached hydrogens (tertiary/aromatic N) is 4. The summed E-state index contributed by atoms with van der Waals surface area (Å²) in [6, 6.07) is 4.39. The molecule has 0 bridgehead atoms. The number of hydrogen-bond acceptors (Lipinski definition) is 5. The predicted molar refractivity (Wildman–Crippen MR) is 82.4 cm³/mol. The molecule has 3 rings (SSSR count). The maximum atomic E-state index is 9.49. The van der Waals surface area contributed by atoms with E-state index >= 15 is 0 Å². The maximum absolute atomic E-state index is 9.49. The van der Waals surface area contributed by atoms with E-state index in [1.807, 2.05) is 19.2 Å². The molecule has 2 unspecified atom stereocenters. The van der Waals surface area contributed by atoms with Gasteiger partial charge in [-0.25, -0.2) is 9.97 Å². The van der Waals surface area contributed by atoms with Gasteiger partial charge in [0.2, 0.25) is 0 Å². The minimum absolute atomic E-state index is 0.186. The van der Waals surface area contributed by atoms with Crippen molar-refractivity contribution >= 4 is 22.8 Å². The quantitative estimate of drug-likeness (QED) is 0.644. The van der Waals surface area contributed by atoms with Gasteiger partial charge in [-0.3, -0.25) is 0 Å². The van der Waals surface area contributed by atoms with E-state index in [9.17, 15) is 5.26 Å². The number of hydrogen-bond donors (Lipinski definition) is 0. The second-order valence-corrected chi connectivity index (χ2v) is 6.09. The summed E-state index contributed by atoms with van der Waals surface area (Å²) in [7, 11) is 0. The molecule has 0 aliphatic carbocycles. The Morgan fingerprint density at radius 1 is 1.48 bits per heavy atom. The fourth-order valence-corrected chi connectivity index (χ4v) is 3.40. The first kappa shape index (κ1) is 14.4. The van der Waals surface area contributed by atoms with Crippen LogP contribution in [0.2, 0.25) is 0 Å². The van der Waals surface area contributed by atoms with E-state index in [-0.39, 0.29) is 6.04 Å². The molecule has 0 spiro atoms. The number of aryl methyl sites for hydroxylation is 1. The number of thioether (sulfide) groups is 1. The number of aromatic nitrogens is 3. The Bertz CT molecular complexity index is 719. The minimum atomic E-state index is 0.186. The molecule has 0 radical (unpaired) electrons. The smallest absolute Gasteiger partial charge is 0.189 e. The molecule has 0 amide bonds. The number of rotatable bonds is 3. The first-order valence-corrected chi connectivity index (χ1v) is 8.33. The summed E-state index contributed by atoms with van der Waals surface area (Å²) < 4.78 is 7.70. The van der Waals surface area contributed by atoms with Crippen LogP contribution in [0.4, 0.5) is 0 Å². The highest BCUT2D eigenvalue weighted by Crippen LogP contribution is 2.34. The van der Waals surface area contributed by atoms with E-state index in [2.05, 4.69) is 27.5 Å². The number of nitriles is 1. The van der Waals surface area contributed by atoms with E-state index in [0.29, 0.717) is 18.2 Å². The standard InChI is InChI=1S/C15H18N4OS/c1-4-10-7-20-8-13(10)19-11(6-16)5-12-9(2)17-15(21-3)18-14(12)19/h5,10,13H,4,7-8H2,1-3H3. The monoisotopic (exact) mass is 302 g/mol. The molecule has 3 heterocycles. The van der Waals surface area contributed by atoms with Crippen molar-refractivity contribution in [2.24, 2.45) is 5.92 Å². The normalized spacial score (nSPS) is 21.8. The fraction of sp³-hybridized carbons (Fsp3) is 0.533. The second-order valence-electron chi connectivity index (χ2n) is 5.32. The van der Waals surface area contributed by atoms with Gasteiger partial charge < -0.3 is 9.30 Å². The van der Waals surface area contributed by atoms with Crippen molar-refractivity contribution in [1.82, 2.24) is 14.5 Å². The third-order valence-corrected chi connectivity index (χ3v) is 4.73. The Kier molecular flexibility index (Phi) is 3.87. The molecule has 110 valence electrons. The van der Waals surface area contributed by atoms with Gasteiger partial charge in [0, 0.05) is 11.3 Å². The van der Waals surface area contributed by atoms with E-state index in [1.54, 1.807) is 0 Å². The maximum Gasteiger partial charge on any atom is 0.189 e. The van der Waals surface area contributed by atoms with Crippen molar-refractivity contribution < 1.29 is 4.74 Å².